The van der Waals surface area contributed by atoms with Gasteiger partial charge in [0.25, 0.3) is 0 Å². The molecule has 2 heterocycles. The molecule has 5 nitrogen and oxygen atoms in total. The second-order valence-electron chi connectivity index (χ2n) is 5.75. The molecule has 108 valence electrons. The molecule has 1 aromatic rings. The van der Waals surface area contributed by atoms with E-state index in [0.717, 1.165) is 25.9 Å². The van der Waals surface area contributed by atoms with Crippen molar-refractivity contribution in [3.8, 4) is 0 Å². The first-order valence-electron chi connectivity index (χ1n) is 6.89. The third-order valence-corrected chi connectivity index (χ3v) is 5.26. The first kappa shape index (κ1) is 13.5. The van der Waals surface area contributed by atoms with Gasteiger partial charge in [-0.15, -0.1) is 0 Å². The Labute approximate surface area is 119 Å². The Morgan fingerprint density at radius 1 is 1.20 bits per heavy atom. The van der Waals surface area contributed by atoms with Crippen LogP contribution in [0, 0.1) is 18.8 Å². The number of fused-ring (bicyclic) bond motifs is 1. The van der Waals surface area contributed by atoms with Crippen LogP contribution in [0.2, 0.25) is 0 Å². The maximum atomic E-state index is 11.9. The minimum atomic E-state index is -3.30. The largest absolute Gasteiger partial charge is 0.355 e. The molecule has 0 bridgehead atoms. The number of hydrogen-bond acceptors (Lipinski definition) is 5. The Morgan fingerprint density at radius 3 is 2.35 bits per heavy atom. The van der Waals surface area contributed by atoms with Gasteiger partial charge in [-0.3, -0.25) is 0 Å². The number of nitrogens with zero attached hydrogens (tertiary/aromatic N) is 3. The summed E-state index contributed by atoms with van der Waals surface area (Å²) >= 11 is 0. The van der Waals surface area contributed by atoms with Crippen molar-refractivity contribution >= 4 is 15.7 Å². The predicted octanol–water partition coefficient (Wildman–Crippen LogP) is 1.59. The molecule has 20 heavy (non-hydrogen) atoms. The van der Waals surface area contributed by atoms with Crippen molar-refractivity contribution in [3.05, 3.63) is 24.2 Å². The molecule has 2 aliphatic rings. The topological polar surface area (TPSA) is 63.2 Å². The molecule has 1 aliphatic heterocycles. The quantitative estimate of drug-likeness (QED) is 0.775. The van der Waals surface area contributed by atoms with E-state index in [-0.39, 0.29) is 4.90 Å². The molecule has 1 aliphatic carbocycles. The van der Waals surface area contributed by atoms with Gasteiger partial charge in [0.1, 0.15) is 10.7 Å². The lowest BCUT2D eigenvalue weighted by molar-refractivity contribution is 0.411. The normalized spacial score (nSPS) is 25.8. The molecule has 6 heteroatoms. The smallest absolute Gasteiger partial charge is 0.180 e. The molecule has 0 N–H and O–H groups in total. The predicted molar refractivity (Wildman–Crippen MR) is 77.4 cm³/mol. The lowest BCUT2D eigenvalue weighted by Gasteiger charge is -2.20. The summed E-state index contributed by atoms with van der Waals surface area (Å²) < 4.78 is 23.8. The SMILES string of the molecule is Cc1ncc(S(C)(=O)=O)c(N2C[C@H]3CC=CC[C@H]3C2)n1. The zero-order valence-electron chi connectivity index (χ0n) is 11.8. The number of aromatic nitrogens is 2. The average Bonchev–Trinajstić information content (AvgIpc) is 2.80. The molecule has 1 fully saturated rings. The molecule has 1 saturated heterocycles. The monoisotopic (exact) mass is 293 g/mol. The molecule has 0 spiro atoms. The van der Waals surface area contributed by atoms with Crippen LogP contribution in [0.25, 0.3) is 0 Å². The Balaban J connectivity index is 1.97. The lowest BCUT2D eigenvalue weighted by Crippen LogP contribution is -2.24. The number of aryl methyl sites for hydroxylation is 1. The number of allylic oxidation sites excluding steroid dienone is 2. The molecule has 2 atom stereocenters. The zero-order valence-corrected chi connectivity index (χ0v) is 12.6. The Kier molecular flexibility index (Phi) is 3.28. The number of hydrogen-bond donors (Lipinski definition) is 0. The summed E-state index contributed by atoms with van der Waals surface area (Å²) in [5.41, 5.74) is 0. The molecule has 0 aromatic carbocycles. The van der Waals surface area contributed by atoms with Gasteiger partial charge in [-0.05, 0) is 31.6 Å². The summed E-state index contributed by atoms with van der Waals surface area (Å²) in [6.07, 6.45) is 9.28. The maximum absolute atomic E-state index is 11.9. The van der Waals surface area contributed by atoms with Crippen molar-refractivity contribution in [3.63, 3.8) is 0 Å². The summed E-state index contributed by atoms with van der Waals surface area (Å²) in [5.74, 6) is 2.42. The van der Waals surface area contributed by atoms with E-state index in [1.54, 1.807) is 6.92 Å². The van der Waals surface area contributed by atoms with Gasteiger partial charge in [0.15, 0.2) is 15.7 Å². The third-order valence-electron chi connectivity index (χ3n) is 4.18. The fourth-order valence-electron chi connectivity index (χ4n) is 3.12. The van der Waals surface area contributed by atoms with Crippen LogP contribution in [0.4, 0.5) is 5.82 Å². The molecule has 1 aromatic heterocycles. The van der Waals surface area contributed by atoms with Crippen molar-refractivity contribution in [1.29, 1.82) is 0 Å². The Bertz CT molecular complexity index is 638. The van der Waals surface area contributed by atoms with Crippen molar-refractivity contribution in [2.45, 2.75) is 24.7 Å². The summed E-state index contributed by atoms with van der Waals surface area (Å²) in [5, 5.41) is 0. The first-order valence-corrected chi connectivity index (χ1v) is 8.78. The molecule has 3 rings (SSSR count). The van der Waals surface area contributed by atoms with E-state index in [0.29, 0.717) is 23.5 Å². The second-order valence-corrected chi connectivity index (χ2v) is 7.73. The van der Waals surface area contributed by atoms with E-state index in [4.69, 9.17) is 0 Å². The highest BCUT2D eigenvalue weighted by Gasteiger charge is 2.35. The van der Waals surface area contributed by atoms with Crippen LogP contribution in [0.5, 0.6) is 0 Å². The van der Waals surface area contributed by atoms with Gasteiger partial charge in [0.2, 0.25) is 0 Å². The van der Waals surface area contributed by atoms with Gasteiger partial charge in [-0.25, -0.2) is 18.4 Å². The van der Waals surface area contributed by atoms with E-state index < -0.39 is 9.84 Å². The van der Waals surface area contributed by atoms with Crippen molar-refractivity contribution in [1.82, 2.24) is 9.97 Å². The fraction of sp³-hybridized carbons (Fsp3) is 0.571. The van der Waals surface area contributed by atoms with E-state index in [2.05, 4.69) is 27.0 Å². The van der Waals surface area contributed by atoms with Gasteiger partial charge in [-0.2, -0.15) is 0 Å². The third kappa shape index (κ3) is 2.44. The van der Waals surface area contributed by atoms with E-state index >= 15 is 0 Å². The van der Waals surface area contributed by atoms with Gasteiger partial charge in [0.05, 0.1) is 6.20 Å². The minimum absolute atomic E-state index is 0.245. The average molecular weight is 293 g/mol. The summed E-state index contributed by atoms with van der Waals surface area (Å²) in [4.78, 5) is 10.8. The van der Waals surface area contributed by atoms with Gasteiger partial charge in [-0.1, -0.05) is 12.2 Å². The highest BCUT2D eigenvalue weighted by atomic mass is 32.2. The highest BCUT2D eigenvalue weighted by Crippen LogP contribution is 2.36. The molecule has 0 unspecified atom stereocenters. The van der Waals surface area contributed by atoms with E-state index in [1.165, 1.54) is 12.5 Å². The second kappa shape index (κ2) is 4.84. The number of anilines is 1. The Hall–Kier alpha value is -1.43. The van der Waals surface area contributed by atoms with Crippen LogP contribution in [0.1, 0.15) is 18.7 Å². The molecule has 0 radical (unpaired) electrons. The van der Waals surface area contributed by atoms with Crippen molar-refractivity contribution in [2.24, 2.45) is 11.8 Å². The summed E-state index contributed by atoms with van der Waals surface area (Å²) in [6, 6.07) is 0. The fourth-order valence-corrected chi connectivity index (χ4v) is 3.87. The van der Waals surface area contributed by atoms with Crippen molar-refractivity contribution in [2.75, 3.05) is 24.2 Å². The number of sulfone groups is 1. The minimum Gasteiger partial charge on any atom is -0.355 e. The Morgan fingerprint density at radius 2 is 1.80 bits per heavy atom. The van der Waals surface area contributed by atoms with Gasteiger partial charge in [0, 0.05) is 19.3 Å². The molecular formula is C14H19N3O2S. The zero-order chi connectivity index (χ0) is 14.3. The highest BCUT2D eigenvalue weighted by molar-refractivity contribution is 7.90. The standard InChI is InChI=1S/C14H19N3O2S/c1-10-15-7-13(20(2,18)19)14(16-10)17-8-11-5-3-4-6-12(11)9-17/h3-4,7,11-12H,5-6,8-9H2,1-2H3/t11-,12+. The van der Waals surface area contributed by atoms with Crippen LogP contribution in [-0.2, 0) is 9.84 Å². The van der Waals surface area contributed by atoms with E-state index in [1.807, 2.05) is 0 Å². The van der Waals surface area contributed by atoms with Crippen LogP contribution in [0.3, 0.4) is 0 Å². The number of rotatable bonds is 2. The van der Waals surface area contributed by atoms with Gasteiger partial charge >= 0.3 is 0 Å². The van der Waals surface area contributed by atoms with Crippen LogP contribution in [0.15, 0.2) is 23.2 Å². The summed E-state index contributed by atoms with van der Waals surface area (Å²) in [6.45, 7) is 3.56. The van der Waals surface area contributed by atoms with Crippen LogP contribution >= 0.6 is 0 Å². The molecule has 0 amide bonds. The lowest BCUT2D eigenvalue weighted by atomic mass is 9.86. The molecule has 0 saturated carbocycles. The molecular weight excluding hydrogens is 274 g/mol. The maximum Gasteiger partial charge on any atom is 0.180 e. The summed E-state index contributed by atoms with van der Waals surface area (Å²) in [7, 11) is -3.30. The van der Waals surface area contributed by atoms with Crippen LogP contribution < -0.4 is 4.90 Å². The van der Waals surface area contributed by atoms with Crippen molar-refractivity contribution < 1.29 is 8.42 Å². The first-order chi connectivity index (χ1) is 9.45. The van der Waals surface area contributed by atoms with E-state index in [9.17, 15) is 8.42 Å². The van der Waals surface area contributed by atoms with Crippen LogP contribution in [-0.4, -0.2) is 37.7 Å². The van der Waals surface area contributed by atoms with Gasteiger partial charge < -0.3 is 4.90 Å².